The maximum absolute atomic E-state index is 12.2. The first-order valence-corrected chi connectivity index (χ1v) is 8.41. The summed E-state index contributed by atoms with van der Waals surface area (Å²) in [7, 11) is 0. The Labute approximate surface area is 141 Å². The van der Waals surface area contributed by atoms with Crippen LogP contribution in [0.25, 0.3) is 0 Å². The number of ether oxygens (including phenoxy) is 1. The van der Waals surface area contributed by atoms with Gasteiger partial charge >= 0.3 is 5.97 Å². The first-order valence-electron chi connectivity index (χ1n) is 7.59. The van der Waals surface area contributed by atoms with Crippen molar-refractivity contribution in [3.63, 3.8) is 0 Å². The smallest absolute Gasteiger partial charge is 0.341 e. The molecule has 0 aromatic carbocycles. The fourth-order valence-corrected chi connectivity index (χ4v) is 3.01. The van der Waals surface area contributed by atoms with E-state index in [0.717, 1.165) is 11.3 Å². The summed E-state index contributed by atoms with van der Waals surface area (Å²) in [5.41, 5.74) is 0.418. The topological polar surface area (TPSA) is 58.6 Å². The highest BCUT2D eigenvalue weighted by Gasteiger charge is 2.19. The van der Waals surface area contributed by atoms with Crippen molar-refractivity contribution in [3.05, 3.63) is 41.8 Å². The van der Waals surface area contributed by atoms with E-state index in [1.807, 2.05) is 11.8 Å². The number of carbonyl (C=O) groups is 2. The third kappa shape index (κ3) is 6.00. The summed E-state index contributed by atoms with van der Waals surface area (Å²) in [6.45, 7) is 12.8. The van der Waals surface area contributed by atoms with Crippen LogP contribution in [0.1, 0.15) is 29.1 Å². The molecule has 1 N–H and O–H groups in total. The molecule has 5 nitrogen and oxygen atoms in total. The van der Waals surface area contributed by atoms with Crippen molar-refractivity contribution in [2.24, 2.45) is 0 Å². The minimum atomic E-state index is -0.409. The quantitative estimate of drug-likeness (QED) is 0.527. The number of amides is 1. The number of rotatable bonds is 10. The van der Waals surface area contributed by atoms with Crippen LogP contribution in [0.2, 0.25) is 0 Å². The predicted molar refractivity (Wildman–Crippen MR) is 95.1 cm³/mol. The maximum atomic E-state index is 12.2. The summed E-state index contributed by atoms with van der Waals surface area (Å²) in [6.07, 6.45) is 4.27. The van der Waals surface area contributed by atoms with Crippen molar-refractivity contribution in [3.8, 4) is 0 Å². The fraction of sp³-hybridized carbons (Fsp3) is 0.412. The summed E-state index contributed by atoms with van der Waals surface area (Å²) in [6, 6.07) is 1.78. The lowest BCUT2D eigenvalue weighted by atomic mass is 10.2. The number of nitrogens with zero attached hydrogens (tertiary/aromatic N) is 1. The molecule has 126 valence electrons. The number of hydrogen-bond acceptors (Lipinski definition) is 5. The first-order chi connectivity index (χ1) is 11.0. The van der Waals surface area contributed by atoms with E-state index in [9.17, 15) is 9.59 Å². The Morgan fingerprint density at radius 3 is 2.48 bits per heavy atom. The molecule has 0 atom stereocenters. The van der Waals surface area contributed by atoms with E-state index in [1.54, 1.807) is 25.1 Å². The van der Waals surface area contributed by atoms with Gasteiger partial charge in [0, 0.05) is 18.0 Å². The molecule has 0 aliphatic rings. The lowest BCUT2D eigenvalue weighted by molar-refractivity contribution is -0.117. The minimum absolute atomic E-state index is 0.177. The van der Waals surface area contributed by atoms with E-state index in [-0.39, 0.29) is 12.5 Å². The van der Waals surface area contributed by atoms with Gasteiger partial charge in [-0.2, -0.15) is 0 Å². The lowest BCUT2D eigenvalue weighted by Crippen LogP contribution is -2.33. The summed E-state index contributed by atoms with van der Waals surface area (Å²) in [5.74, 6) is -0.587. The number of aryl methyl sites for hydroxylation is 1. The highest BCUT2D eigenvalue weighted by atomic mass is 32.1. The molecular weight excluding hydrogens is 312 g/mol. The van der Waals surface area contributed by atoms with E-state index >= 15 is 0 Å². The van der Waals surface area contributed by atoms with Crippen molar-refractivity contribution in [2.75, 3.05) is 31.6 Å². The average Bonchev–Trinajstić information content (AvgIpc) is 2.91. The molecule has 0 aliphatic heterocycles. The number of esters is 1. The van der Waals surface area contributed by atoms with Crippen LogP contribution >= 0.6 is 11.3 Å². The van der Waals surface area contributed by atoms with E-state index < -0.39 is 5.97 Å². The number of anilines is 1. The van der Waals surface area contributed by atoms with Crippen molar-refractivity contribution in [1.82, 2.24) is 4.90 Å². The molecule has 0 saturated heterocycles. The maximum Gasteiger partial charge on any atom is 0.341 e. The molecule has 1 amide bonds. The predicted octanol–water partition coefficient (Wildman–Crippen LogP) is 3.10. The fourth-order valence-electron chi connectivity index (χ4n) is 2.01. The molecule has 0 aliphatic carbocycles. The van der Waals surface area contributed by atoms with Crippen molar-refractivity contribution in [2.45, 2.75) is 20.3 Å². The third-order valence-electron chi connectivity index (χ3n) is 3.02. The standard InChI is InChI=1S/C17H24N2O3S/c1-5-9-19(10-6-2)12-15(20)18-16-14(17(21)22-8-4)11-13(7-3)23-16/h5-6,11H,1-2,7-10,12H2,3-4H3,(H,18,20). The molecular formula is C17H24N2O3S. The number of hydrogen-bond donors (Lipinski definition) is 1. The SMILES string of the molecule is C=CCN(CC=C)CC(=O)Nc1sc(CC)cc1C(=O)OCC. The minimum Gasteiger partial charge on any atom is -0.462 e. The number of carbonyl (C=O) groups excluding carboxylic acids is 2. The molecule has 1 aromatic rings. The molecule has 0 fully saturated rings. The molecule has 0 unspecified atom stereocenters. The zero-order chi connectivity index (χ0) is 17.2. The Kier molecular flexibility index (Phi) is 8.29. The van der Waals surface area contributed by atoms with Crippen LogP contribution in [-0.4, -0.2) is 43.0 Å². The summed E-state index contributed by atoms with van der Waals surface area (Å²) < 4.78 is 5.05. The largest absolute Gasteiger partial charge is 0.462 e. The van der Waals surface area contributed by atoms with Crippen LogP contribution in [0, 0.1) is 0 Å². The van der Waals surface area contributed by atoms with Crippen LogP contribution < -0.4 is 5.32 Å². The Hall–Kier alpha value is -1.92. The Morgan fingerprint density at radius 2 is 1.96 bits per heavy atom. The van der Waals surface area contributed by atoms with Crippen LogP contribution in [0.15, 0.2) is 31.4 Å². The van der Waals surface area contributed by atoms with Gasteiger partial charge in [0.2, 0.25) is 5.91 Å². The first kappa shape index (κ1) is 19.1. The molecule has 23 heavy (non-hydrogen) atoms. The van der Waals surface area contributed by atoms with Crippen molar-refractivity contribution in [1.29, 1.82) is 0 Å². The molecule has 0 saturated carbocycles. The van der Waals surface area contributed by atoms with Gasteiger partial charge in [-0.3, -0.25) is 9.69 Å². The molecule has 1 heterocycles. The van der Waals surface area contributed by atoms with Gasteiger partial charge in [-0.05, 0) is 19.4 Å². The van der Waals surface area contributed by atoms with E-state index in [1.165, 1.54) is 11.3 Å². The number of nitrogens with one attached hydrogen (secondary N) is 1. The highest BCUT2D eigenvalue weighted by Crippen LogP contribution is 2.29. The van der Waals surface area contributed by atoms with Gasteiger partial charge in [-0.15, -0.1) is 24.5 Å². The van der Waals surface area contributed by atoms with Gasteiger partial charge in [0.05, 0.1) is 18.7 Å². The van der Waals surface area contributed by atoms with Crippen molar-refractivity contribution >= 4 is 28.2 Å². The Bertz CT molecular complexity index is 556. The van der Waals surface area contributed by atoms with E-state index in [2.05, 4.69) is 18.5 Å². The van der Waals surface area contributed by atoms with Crippen LogP contribution in [0.5, 0.6) is 0 Å². The van der Waals surface area contributed by atoms with Gasteiger partial charge in [-0.1, -0.05) is 19.1 Å². The number of thiophene rings is 1. The van der Waals surface area contributed by atoms with Gasteiger partial charge in [0.1, 0.15) is 5.00 Å². The van der Waals surface area contributed by atoms with Gasteiger partial charge in [-0.25, -0.2) is 4.79 Å². The van der Waals surface area contributed by atoms with E-state index in [4.69, 9.17) is 4.74 Å². The summed E-state index contributed by atoms with van der Waals surface area (Å²) >= 11 is 1.40. The lowest BCUT2D eigenvalue weighted by Gasteiger charge is -2.17. The Morgan fingerprint density at radius 1 is 1.30 bits per heavy atom. The van der Waals surface area contributed by atoms with Crippen LogP contribution in [0.4, 0.5) is 5.00 Å². The summed E-state index contributed by atoms with van der Waals surface area (Å²) in [5, 5.41) is 3.36. The van der Waals surface area contributed by atoms with Crippen LogP contribution in [0.3, 0.4) is 0 Å². The second-order valence-electron chi connectivity index (χ2n) is 4.85. The van der Waals surface area contributed by atoms with E-state index in [0.29, 0.717) is 30.3 Å². The highest BCUT2D eigenvalue weighted by molar-refractivity contribution is 7.16. The molecule has 0 radical (unpaired) electrons. The van der Waals surface area contributed by atoms with Gasteiger partial charge in [0.25, 0.3) is 0 Å². The zero-order valence-electron chi connectivity index (χ0n) is 13.8. The second-order valence-corrected chi connectivity index (χ2v) is 5.99. The molecule has 1 rings (SSSR count). The zero-order valence-corrected chi connectivity index (χ0v) is 14.6. The van der Waals surface area contributed by atoms with Gasteiger partial charge in [0.15, 0.2) is 0 Å². The Balaban J connectivity index is 2.83. The third-order valence-corrected chi connectivity index (χ3v) is 4.22. The molecule has 1 aromatic heterocycles. The normalized spacial score (nSPS) is 10.4. The molecule has 6 heteroatoms. The van der Waals surface area contributed by atoms with Gasteiger partial charge < -0.3 is 10.1 Å². The monoisotopic (exact) mass is 336 g/mol. The molecule has 0 spiro atoms. The summed E-state index contributed by atoms with van der Waals surface area (Å²) in [4.78, 5) is 27.2. The molecule has 0 bridgehead atoms. The van der Waals surface area contributed by atoms with Crippen molar-refractivity contribution < 1.29 is 14.3 Å². The van der Waals surface area contributed by atoms with Crippen LogP contribution in [-0.2, 0) is 16.0 Å². The average molecular weight is 336 g/mol. The second kappa shape index (κ2) is 9.97.